The van der Waals surface area contributed by atoms with Crippen LogP contribution in [0.5, 0.6) is 0 Å². The van der Waals surface area contributed by atoms with E-state index < -0.39 is 10.0 Å². The summed E-state index contributed by atoms with van der Waals surface area (Å²) in [4.78, 5) is 0.204. The summed E-state index contributed by atoms with van der Waals surface area (Å²) in [6.45, 7) is 3.74. The largest absolute Gasteiger partial charge is 0.465 e. The Morgan fingerprint density at radius 2 is 2.05 bits per heavy atom. The average Bonchev–Trinajstić information content (AvgIpc) is 2.82. The first kappa shape index (κ1) is 14.8. The molecule has 5 nitrogen and oxygen atoms in total. The summed E-state index contributed by atoms with van der Waals surface area (Å²) in [5.74, 6) is 1.33. The number of sulfonamides is 1. The van der Waals surface area contributed by atoms with Crippen molar-refractivity contribution in [2.75, 3.05) is 0 Å². The van der Waals surface area contributed by atoms with Crippen LogP contribution in [0.25, 0.3) is 0 Å². The van der Waals surface area contributed by atoms with Crippen molar-refractivity contribution in [1.29, 1.82) is 0 Å². The second-order valence-corrected chi connectivity index (χ2v) is 6.47. The first-order valence-corrected chi connectivity index (χ1v) is 7.77. The summed E-state index contributed by atoms with van der Waals surface area (Å²) in [5.41, 5.74) is 6.54. The van der Waals surface area contributed by atoms with Crippen LogP contribution in [0.15, 0.2) is 45.7 Å². The number of rotatable bonds is 5. The fourth-order valence-electron chi connectivity index (χ4n) is 1.79. The minimum atomic E-state index is -3.57. The molecule has 2 rings (SSSR count). The molecule has 3 N–H and O–H groups in total. The first-order valence-electron chi connectivity index (χ1n) is 6.29. The second kappa shape index (κ2) is 5.78. The van der Waals surface area contributed by atoms with Gasteiger partial charge in [-0.2, -0.15) is 0 Å². The van der Waals surface area contributed by atoms with E-state index in [0.29, 0.717) is 5.76 Å². The minimum Gasteiger partial charge on any atom is -0.465 e. The zero-order chi connectivity index (χ0) is 14.8. The Kier molecular flexibility index (Phi) is 4.27. The zero-order valence-corrected chi connectivity index (χ0v) is 12.3. The van der Waals surface area contributed by atoms with Gasteiger partial charge in [-0.25, -0.2) is 13.1 Å². The van der Waals surface area contributed by atoms with Crippen molar-refractivity contribution in [3.8, 4) is 0 Å². The van der Waals surface area contributed by atoms with E-state index in [1.807, 2.05) is 13.8 Å². The molecule has 6 heteroatoms. The van der Waals surface area contributed by atoms with Crippen molar-refractivity contribution in [3.05, 3.63) is 53.5 Å². The summed E-state index contributed by atoms with van der Waals surface area (Å²) in [6.07, 6.45) is 0. The molecule has 0 spiro atoms. The van der Waals surface area contributed by atoms with Gasteiger partial charge in [-0.15, -0.1) is 0 Å². The number of hydrogen-bond acceptors (Lipinski definition) is 4. The lowest BCUT2D eigenvalue weighted by atomic mass is 10.1. The van der Waals surface area contributed by atoms with Crippen LogP contribution >= 0.6 is 0 Å². The van der Waals surface area contributed by atoms with Gasteiger partial charge in [0.2, 0.25) is 10.0 Å². The summed E-state index contributed by atoms with van der Waals surface area (Å²) in [5, 5.41) is 0. The molecule has 0 aliphatic carbocycles. The molecule has 2 aromatic rings. The molecular formula is C14H18N2O3S. The van der Waals surface area contributed by atoms with Gasteiger partial charge in [-0.05, 0) is 43.7 Å². The molecule has 0 aliphatic heterocycles. The van der Waals surface area contributed by atoms with Crippen LogP contribution in [0, 0.1) is 6.92 Å². The molecule has 0 aliphatic rings. The Morgan fingerprint density at radius 3 is 2.65 bits per heavy atom. The van der Waals surface area contributed by atoms with E-state index >= 15 is 0 Å². The molecule has 1 atom stereocenters. The van der Waals surface area contributed by atoms with Crippen molar-refractivity contribution in [3.63, 3.8) is 0 Å². The van der Waals surface area contributed by atoms with E-state index in [4.69, 9.17) is 10.2 Å². The predicted octanol–water partition coefficient (Wildman–Crippen LogP) is 2.09. The third-order valence-electron chi connectivity index (χ3n) is 2.93. The van der Waals surface area contributed by atoms with E-state index in [-0.39, 0.29) is 17.5 Å². The van der Waals surface area contributed by atoms with Gasteiger partial charge in [0, 0.05) is 6.04 Å². The summed E-state index contributed by atoms with van der Waals surface area (Å²) in [7, 11) is -3.57. The van der Waals surface area contributed by atoms with Crippen molar-refractivity contribution < 1.29 is 12.8 Å². The molecule has 0 radical (unpaired) electrons. The van der Waals surface area contributed by atoms with Crippen LogP contribution in [0.1, 0.15) is 30.0 Å². The van der Waals surface area contributed by atoms with Gasteiger partial charge in [-0.1, -0.05) is 12.1 Å². The Labute approximate surface area is 118 Å². The number of hydrogen-bond donors (Lipinski definition) is 2. The van der Waals surface area contributed by atoms with Gasteiger partial charge in [0.25, 0.3) is 0 Å². The SMILES string of the molecule is Cc1ccc(CNS(=O)(=O)c2cccc(C(C)N)c2)o1. The van der Waals surface area contributed by atoms with Gasteiger partial charge in [0.05, 0.1) is 11.4 Å². The normalized spacial score (nSPS) is 13.3. The molecule has 0 saturated carbocycles. The number of nitrogens with one attached hydrogen (secondary N) is 1. The maximum absolute atomic E-state index is 12.2. The fraction of sp³-hybridized carbons (Fsp3) is 0.286. The van der Waals surface area contributed by atoms with E-state index in [1.54, 1.807) is 36.4 Å². The molecule has 20 heavy (non-hydrogen) atoms. The molecular weight excluding hydrogens is 276 g/mol. The number of benzene rings is 1. The zero-order valence-electron chi connectivity index (χ0n) is 11.5. The highest BCUT2D eigenvalue weighted by molar-refractivity contribution is 7.89. The molecule has 1 heterocycles. The maximum atomic E-state index is 12.2. The molecule has 0 amide bonds. The van der Waals surface area contributed by atoms with Gasteiger partial charge in [-0.3, -0.25) is 0 Å². The van der Waals surface area contributed by atoms with Crippen LogP contribution in [-0.2, 0) is 16.6 Å². The molecule has 0 bridgehead atoms. The van der Waals surface area contributed by atoms with Crippen molar-refractivity contribution in [2.24, 2.45) is 5.73 Å². The highest BCUT2D eigenvalue weighted by atomic mass is 32.2. The van der Waals surface area contributed by atoms with Crippen molar-refractivity contribution in [1.82, 2.24) is 4.72 Å². The van der Waals surface area contributed by atoms with E-state index in [2.05, 4.69) is 4.72 Å². The highest BCUT2D eigenvalue weighted by Crippen LogP contribution is 2.16. The summed E-state index contributed by atoms with van der Waals surface area (Å²) in [6, 6.07) is 9.94. The van der Waals surface area contributed by atoms with Gasteiger partial charge in [0.15, 0.2) is 0 Å². The highest BCUT2D eigenvalue weighted by Gasteiger charge is 2.15. The first-order chi connectivity index (χ1) is 9.38. The topological polar surface area (TPSA) is 85.3 Å². The van der Waals surface area contributed by atoms with Crippen LogP contribution in [0.4, 0.5) is 0 Å². The Balaban J connectivity index is 2.15. The molecule has 0 saturated heterocycles. The Morgan fingerprint density at radius 1 is 1.30 bits per heavy atom. The maximum Gasteiger partial charge on any atom is 0.240 e. The van der Waals surface area contributed by atoms with Crippen LogP contribution in [0.3, 0.4) is 0 Å². The Bertz CT molecular complexity index is 690. The summed E-state index contributed by atoms with van der Waals surface area (Å²) < 4.78 is 32.2. The third-order valence-corrected chi connectivity index (χ3v) is 4.33. The standard InChI is InChI=1S/C14H18N2O3S/c1-10-6-7-13(19-10)9-16-20(17,18)14-5-3-4-12(8-14)11(2)15/h3-8,11,16H,9,15H2,1-2H3. The smallest absolute Gasteiger partial charge is 0.240 e. The lowest BCUT2D eigenvalue weighted by Crippen LogP contribution is -2.23. The summed E-state index contributed by atoms with van der Waals surface area (Å²) >= 11 is 0. The number of nitrogens with two attached hydrogens (primary N) is 1. The quantitative estimate of drug-likeness (QED) is 0.884. The van der Waals surface area contributed by atoms with Crippen molar-refractivity contribution >= 4 is 10.0 Å². The molecule has 108 valence electrons. The molecule has 0 fully saturated rings. The molecule has 1 aromatic heterocycles. The van der Waals surface area contributed by atoms with Gasteiger partial charge in [0.1, 0.15) is 11.5 Å². The van der Waals surface area contributed by atoms with Gasteiger partial charge < -0.3 is 10.2 Å². The Hall–Kier alpha value is -1.63. The van der Waals surface area contributed by atoms with E-state index in [9.17, 15) is 8.42 Å². The van der Waals surface area contributed by atoms with Gasteiger partial charge >= 0.3 is 0 Å². The monoisotopic (exact) mass is 294 g/mol. The number of aryl methyl sites for hydroxylation is 1. The molecule has 1 unspecified atom stereocenters. The lowest BCUT2D eigenvalue weighted by Gasteiger charge is -2.09. The third kappa shape index (κ3) is 3.47. The number of furan rings is 1. The van der Waals surface area contributed by atoms with Crippen LogP contribution in [0.2, 0.25) is 0 Å². The van der Waals surface area contributed by atoms with Crippen molar-refractivity contribution in [2.45, 2.75) is 31.3 Å². The van der Waals surface area contributed by atoms with Crippen LogP contribution < -0.4 is 10.5 Å². The van der Waals surface area contributed by atoms with E-state index in [1.165, 1.54) is 0 Å². The minimum absolute atomic E-state index is 0.124. The lowest BCUT2D eigenvalue weighted by molar-refractivity contribution is 0.475. The average molecular weight is 294 g/mol. The second-order valence-electron chi connectivity index (χ2n) is 4.70. The van der Waals surface area contributed by atoms with E-state index in [0.717, 1.165) is 11.3 Å². The fourth-order valence-corrected chi connectivity index (χ4v) is 2.84. The van der Waals surface area contributed by atoms with Crippen LogP contribution in [-0.4, -0.2) is 8.42 Å². The molecule has 1 aromatic carbocycles. The predicted molar refractivity (Wildman–Crippen MR) is 76.5 cm³/mol.